The van der Waals surface area contributed by atoms with Gasteiger partial charge >= 0.3 is 11.8 Å². The summed E-state index contributed by atoms with van der Waals surface area (Å²) in [6, 6.07) is 9.62. The molecule has 0 saturated heterocycles. The van der Waals surface area contributed by atoms with Gasteiger partial charge in [0.1, 0.15) is 11.5 Å². The largest absolute Gasteiger partial charge is 0.464 e. The quantitative estimate of drug-likeness (QED) is 0.496. The fourth-order valence-corrected chi connectivity index (χ4v) is 3.31. The average Bonchev–Trinajstić information content (AvgIpc) is 2.60. The van der Waals surface area contributed by atoms with Crippen LogP contribution in [0.5, 0.6) is 0 Å². The van der Waals surface area contributed by atoms with Gasteiger partial charge in [0.15, 0.2) is 0 Å². The summed E-state index contributed by atoms with van der Waals surface area (Å²) in [7, 11) is 1.20. The fourth-order valence-electron chi connectivity index (χ4n) is 3.31. The Morgan fingerprint density at radius 3 is 2.74 bits per heavy atom. The lowest BCUT2D eigenvalue weighted by atomic mass is 9.77. The Kier molecular flexibility index (Phi) is 4.09. The minimum absolute atomic E-state index is 0.0707. The van der Waals surface area contributed by atoms with Gasteiger partial charge in [-0.25, -0.2) is 4.79 Å². The second-order valence-corrected chi connectivity index (χ2v) is 5.80. The number of hydrogen-bond donors (Lipinski definition) is 2. The average molecular weight is 317 g/mol. The van der Waals surface area contributed by atoms with Crippen LogP contribution in [0.2, 0.25) is 0 Å². The standard InChI is InChI=1S/C17H19NO5/c1-22-16(19)17(20)10-13(11-6-3-2-4-7-11)12-8-5-9-14(18-21)15(12)23-17/h2-4,6-7,13,20-21H,5,8-10H2,1H3/b18-14+/t13-,17+/m0/s1. The summed E-state index contributed by atoms with van der Waals surface area (Å²) >= 11 is 0. The Morgan fingerprint density at radius 2 is 2.09 bits per heavy atom. The Hall–Kier alpha value is -2.34. The van der Waals surface area contributed by atoms with Gasteiger partial charge in [0, 0.05) is 12.3 Å². The Bertz CT molecular complexity index is 667. The van der Waals surface area contributed by atoms with Crippen LogP contribution in [0.4, 0.5) is 0 Å². The molecule has 0 saturated carbocycles. The van der Waals surface area contributed by atoms with Crippen LogP contribution in [0.15, 0.2) is 46.8 Å². The van der Waals surface area contributed by atoms with E-state index in [0.717, 1.165) is 24.0 Å². The highest BCUT2D eigenvalue weighted by Gasteiger charge is 2.49. The van der Waals surface area contributed by atoms with E-state index in [1.165, 1.54) is 7.11 Å². The smallest absolute Gasteiger partial charge is 0.379 e. The summed E-state index contributed by atoms with van der Waals surface area (Å²) in [5.41, 5.74) is 2.28. The molecule has 2 N–H and O–H groups in total. The molecule has 122 valence electrons. The molecule has 3 rings (SSSR count). The van der Waals surface area contributed by atoms with Crippen molar-refractivity contribution in [3.63, 3.8) is 0 Å². The first-order valence-electron chi connectivity index (χ1n) is 7.58. The number of esters is 1. The van der Waals surface area contributed by atoms with Gasteiger partial charge < -0.3 is 19.8 Å². The molecule has 23 heavy (non-hydrogen) atoms. The zero-order valence-electron chi connectivity index (χ0n) is 12.9. The van der Waals surface area contributed by atoms with Crippen LogP contribution in [-0.4, -0.2) is 34.9 Å². The van der Waals surface area contributed by atoms with E-state index in [-0.39, 0.29) is 12.3 Å². The van der Waals surface area contributed by atoms with Crippen molar-refractivity contribution in [2.45, 2.75) is 37.4 Å². The van der Waals surface area contributed by atoms with Gasteiger partial charge in [0.05, 0.1) is 7.11 Å². The number of carbonyl (C=O) groups excluding carboxylic acids is 1. The monoisotopic (exact) mass is 317 g/mol. The lowest BCUT2D eigenvalue weighted by Crippen LogP contribution is -2.48. The summed E-state index contributed by atoms with van der Waals surface area (Å²) < 4.78 is 10.2. The molecule has 1 heterocycles. The molecule has 0 unspecified atom stereocenters. The molecule has 6 heteroatoms. The van der Waals surface area contributed by atoms with Crippen molar-refractivity contribution >= 4 is 11.7 Å². The maximum Gasteiger partial charge on any atom is 0.379 e. The van der Waals surface area contributed by atoms with Crippen LogP contribution in [0, 0.1) is 0 Å². The maximum atomic E-state index is 12.0. The number of aliphatic hydroxyl groups is 1. The van der Waals surface area contributed by atoms with Crippen LogP contribution in [-0.2, 0) is 14.3 Å². The predicted octanol–water partition coefficient (Wildman–Crippen LogP) is 2.32. The molecular formula is C17H19NO5. The molecule has 0 bridgehead atoms. The van der Waals surface area contributed by atoms with Crippen molar-refractivity contribution in [1.29, 1.82) is 0 Å². The van der Waals surface area contributed by atoms with Crippen LogP contribution in [0.1, 0.15) is 37.2 Å². The number of methoxy groups -OCH3 is 1. The number of ether oxygens (including phenoxy) is 2. The number of allylic oxidation sites excluding steroid dienone is 2. The van der Waals surface area contributed by atoms with E-state index in [4.69, 9.17) is 4.74 Å². The van der Waals surface area contributed by atoms with E-state index in [0.29, 0.717) is 17.9 Å². The lowest BCUT2D eigenvalue weighted by Gasteiger charge is -2.40. The minimum Gasteiger partial charge on any atom is -0.464 e. The van der Waals surface area contributed by atoms with Gasteiger partial charge in [0.25, 0.3) is 0 Å². The third-order valence-corrected chi connectivity index (χ3v) is 4.41. The number of nitrogens with zero attached hydrogens (tertiary/aromatic N) is 1. The van der Waals surface area contributed by atoms with Crippen LogP contribution in [0.25, 0.3) is 0 Å². The van der Waals surface area contributed by atoms with Crippen molar-refractivity contribution in [2.75, 3.05) is 7.11 Å². The first-order chi connectivity index (χ1) is 11.1. The van der Waals surface area contributed by atoms with E-state index in [2.05, 4.69) is 9.89 Å². The summed E-state index contributed by atoms with van der Waals surface area (Å²) in [6.45, 7) is 0. The van der Waals surface area contributed by atoms with Crippen molar-refractivity contribution in [1.82, 2.24) is 0 Å². The van der Waals surface area contributed by atoms with Gasteiger partial charge in [-0.1, -0.05) is 35.5 Å². The van der Waals surface area contributed by atoms with E-state index < -0.39 is 11.8 Å². The lowest BCUT2D eigenvalue weighted by molar-refractivity contribution is -0.218. The van der Waals surface area contributed by atoms with Gasteiger partial charge in [0.2, 0.25) is 0 Å². The molecule has 0 spiro atoms. The van der Waals surface area contributed by atoms with Crippen LogP contribution >= 0.6 is 0 Å². The SMILES string of the molecule is COC(=O)[C@@]1(O)C[C@@H](c2ccccc2)C2=C(O1)/C(=N/O)CCC2. The van der Waals surface area contributed by atoms with Gasteiger partial charge in [-0.3, -0.25) is 0 Å². The van der Waals surface area contributed by atoms with Crippen molar-refractivity contribution in [3.05, 3.63) is 47.2 Å². The first kappa shape index (κ1) is 15.6. The van der Waals surface area contributed by atoms with Crippen molar-refractivity contribution in [3.8, 4) is 0 Å². The molecule has 0 radical (unpaired) electrons. The summed E-state index contributed by atoms with van der Waals surface area (Å²) in [5.74, 6) is -2.82. The number of carbonyl (C=O) groups is 1. The second-order valence-electron chi connectivity index (χ2n) is 5.80. The topological polar surface area (TPSA) is 88.4 Å². The first-order valence-corrected chi connectivity index (χ1v) is 7.58. The normalized spacial score (nSPS) is 29.0. The fraction of sp³-hybridized carbons (Fsp3) is 0.412. The molecule has 2 aliphatic rings. The highest BCUT2D eigenvalue weighted by Crippen LogP contribution is 2.45. The third-order valence-electron chi connectivity index (χ3n) is 4.41. The number of oxime groups is 1. The Balaban J connectivity index is 2.11. The van der Waals surface area contributed by atoms with Crippen LogP contribution < -0.4 is 0 Å². The third kappa shape index (κ3) is 2.70. The second kappa shape index (κ2) is 6.04. The molecule has 0 fully saturated rings. The van der Waals surface area contributed by atoms with E-state index >= 15 is 0 Å². The summed E-state index contributed by atoms with van der Waals surface area (Å²) in [6.07, 6.45) is 2.21. The molecule has 0 aromatic heterocycles. The zero-order chi connectivity index (χ0) is 16.4. The van der Waals surface area contributed by atoms with Crippen LogP contribution in [0.3, 0.4) is 0 Å². The molecule has 1 aliphatic carbocycles. The van der Waals surface area contributed by atoms with Gasteiger partial charge in [-0.15, -0.1) is 0 Å². The number of hydrogen-bond acceptors (Lipinski definition) is 6. The van der Waals surface area contributed by atoms with E-state index in [1.54, 1.807) is 0 Å². The Morgan fingerprint density at radius 1 is 1.35 bits per heavy atom. The zero-order valence-corrected chi connectivity index (χ0v) is 12.9. The molecule has 1 aromatic carbocycles. The van der Waals surface area contributed by atoms with Crippen molar-refractivity contribution in [2.24, 2.45) is 5.16 Å². The van der Waals surface area contributed by atoms with E-state index in [1.807, 2.05) is 30.3 Å². The highest BCUT2D eigenvalue weighted by molar-refractivity contribution is 6.00. The molecule has 0 amide bonds. The molecule has 1 aromatic rings. The van der Waals surface area contributed by atoms with E-state index in [9.17, 15) is 15.1 Å². The predicted molar refractivity (Wildman–Crippen MR) is 81.9 cm³/mol. The number of benzene rings is 1. The number of rotatable bonds is 2. The van der Waals surface area contributed by atoms with Gasteiger partial charge in [-0.2, -0.15) is 0 Å². The van der Waals surface area contributed by atoms with Crippen molar-refractivity contribution < 1.29 is 24.6 Å². The molecule has 6 nitrogen and oxygen atoms in total. The molecule has 1 aliphatic heterocycles. The summed E-state index contributed by atoms with van der Waals surface area (Å²) in [4.78, 5) is 12.0. The van der Waals surface area contributed by atoms with Gasteiger partial charge in [-0.05, 0) is 30.4 Å². The Labute approximate surface area is 134 Å². The highest BCUT2D eigenvalue weighted by atomic mass is 16.7. The molecular weight excluding hydrogens is 298 g/mol. The minimum atomic E-state index is -2.08. The maximum absolute atomic E-state index is 12.0. The summed E-state index contributed by atoms with van der Waals surface area (Å²) in [5, 5.41) is 23.2. The molecule has 2 atom stereocenters.